The van der Waals surface area contributed by atoms with Crippen LogP contribution in [-0.4, -0.2) is 34.0 Å². The van der Waals surface area contributed by atoms with E-state index in [1.54, 1.807) is 41.6 Å². The van der Waals surface area contributed by atoms with E-state index in [-0.39, 0.29) is 12.1 Å². The largest absolute Gasteiger partial charge is 0.465 e. The molecule has 0 spiro atoms. The Labute approximate surface area is 168 Å². The standard InChI is InChI=1S/C22H20N4O3/c1-15(19-10-3-4-11-23-19)25-14-17-8-6-12-24-20(17)26(22(25)28)18-9-5-7-16(13-18)21(27)29-2/h3-13,15H,14H2,1-2H3. The summed E-state index contributed by atoms with van der Waals surface area (Å²) in [6, 6.07) is 15.8. The SMILES string of the molecule is COC(=O)c1cccc(N2C(=O)N(C(C)c3ccccn3)Cc3cccnc32)c1. The van der Waals surface area contributed by atoms with E-state index in [9.17, 15) is 9.59 Å². The maximum Gasteiger partial charge on any atom is 0.337 e. The van der Waals surface area contributed by atoms with Gasteiger partial charge >= 0.3 is 12.0 Å². The molecule has 0 bridgehead atoms. The van der Waals surface area contributed by atoms with E-state index in [1.807, 2.05) is 37.3 Å². The maximum atomic E-state index is 13.5. The molecule has 0 saturated carbocycles. The average molecular weight is 388 g/mol. The van der Waals surface area contributed by atoms with Crippen molar-refractivity contribution in [1.82, 2.24) is 14.9 Å². The fourth-order valence-corrected chi connectivity index (χ4v) is 3.43. The van der Waals surface area contributed by atoms with Crippen LogP contribution >= 0.6 is 0 Å². The number of hydrogen-bond donors (Lipinski definition) is 0. The van der Waals surface area contributed by atoms with Crippen LogP contribution < -0.4 is 4.90 Å². The predicted molar refractivity (Wildman–Crippen MR) is 108 cm³/mol. The normalized spacial score (nSPS) is 14.3. The van der Waals surface area contributed by atoms with E-state index >= 15 is 0 Å². The Kier molecular flexibility index (Phi) is 4.95. The third-order valence-corrected chi connectivity index (χ3v) is 4.97. The van der Waals surface area contributed by atoms with Crippen LogP contribution in [0.15, 0.2) is 67.0 Å². The fraction of sp³-hybridized carbons (Fsp3) is 0.182. The van der Waals surface area contributed by atoms with Gasteiger partial charge in [-0.25, -0.2) is 19.5 Å². The second-order valence-electron chi connectivity index (χ2n) is 6.70. The Hall–Kier alpha value is -3.74. The molecule has 2 amide bonds. The summed E-state index contributed by atoms with van der Waals surface area (Å²) in [6.45, 7) is 2.37. The minimum atomic E-state index is -0.462. The van der Waals surface area contributed by atoms with E-state index in [2.05, 4.69) is 9.97 Å². The molecule has 0 saturated heterocycles. The van der Waals surface area contributed by atoms with E-state index in [4.69, 9.17) is 4.74 Å². The van der Waals surface area contributed by atoms with E-state index in [0.29, 0.717) is 23.6 Å². The molecule has 7 heteroatoms. The molecule has 3 aromatic rings. The molecule has 1 atom stereocenters. The smallest absolute Gasteiger partial charge is 0.337 e. The number of amides is 2. The van der Waals surface area contributed by atoms with Crippen molar-refractivity contribution in [1.29, 1.82) is 0 Å². The second kappa shape index (κ2) is 7.71. The van der Waals surface area contributed by atoms with Crippen molar-refractivity contribution >= 4 is 23.5 Å². The zero-order valence-electron chi connectivity index (χ0n) is 16.1. The van der Waals surface area contributed by atoms with Crippen LogP contribution in [0.4, 0.5) is 16.3 Å². The van der Waals surface area contributed by atoms with Crippen molar-refractivity contribution in [2.24, 2.45) is 0 Å². The molecule has 0 radical (unpaired) electrons. The maximum absolute atomic E-state index is 13.5. The highest BCUT2D eigenvalue weighted by Gasteiger charge is 2.36. The lowest BCUT2D eigenvalue weighted by Gasteiger charge is -2.39. The first-order valence-electron chi connectivity index (χ1n) is 9.24. The number of nitrogens with zero attached hydrogens (tertiary/aromatic N) is 4. The van der Waals surface area contributed by atoms with Gasteiger partial charge in [0.05, 0.1) is 36.6 Å². The predicted octanol–water partition coefficient (Wildman–Crippen LogP) is 4.10. The number of esters is 1. The lowest BCUT2D eigenvalue weighted by atomic mass is 10.1. The number of methoxy groups -OCH3 is 1. The van der Waals surface area contributed by atoms with Crippen molar-refractivity contribution < 1.29 is 14.3 Å². The number of pyridine rings is 2. The zero-order chi connectivity index (χ0) is 20.4. The van der Waals surface area contributed by atoms with Crippen LogP contribution in [0.3, 0.4) is 0 Å². The number of carbonyl (C=O) groups is 2. The van der Waals surface area contributed by atoms with Crippen molar-refractivity contribution in [3.8, 4) is 0 Å². The van der Waals surface area contributed by atoms with Crippen LogP contribution in [0.25, 0.3) is 0 Å². The van der Waals surface area contributed by atoms with Crippen molar-refractivity contribution in [3.05, 3.63) is 83.8 Å². The molecule has 1 aliphatic heterocycles. The van der Waals surface area contributed by atoms with Crippen molar-refractivity contribution in [2.75, 3.05) is 12.0 Å². The molecule has 146 valence electrons. The van der Waals surface area contributed by atoms with Crippen molar-refractivity contribution in [3.63, 3.8) is 0 Å². The summed E-state index contributed by atoms with van der Waals surface area (Å²) in [5.74, 6) is 0.0975. The van der Waals surface area contributed by atoms with Gasteiger partial charge in [0.25, 0.3) is 0 Å². The third kappa shape index (κ3) is 3.42. The van der Waals surface area contributed by atoms with Crippen LogP contribution in [0, 0.1) is 0 Å². The molecule has 3 heterocycles. The molecule has 1 aromatic carbocycles. The van der Waals surface area contributed by atoms with E-state index in [0.717, 1.165) is 11.3 Å². The number of hydrogen-bond acceptors (Lipinski definition) is 5. The first-order chi connectivity index (χ1) is 14.1. The highest BCUT2D eigenvalue weighted by molar-refractivity contribution is 6.02. The fourth-order valence-electron chi connectivity index (χ4n) is 3.43. The van der Waals surface area contributed by atoms with Gasteiger partial charge in [-0.15, -0.1) is 0 Å². The Morgan fingerprint density at radius 3 is 2.66 bits per heavy atom. The Morgan fingerprint density at radius 2 is 1.90 bits per heavy atom. The molecule has 1 aliphatic rings. The van der Waals surface area contributed by atoms with E-state index < -0.39 is 5.97 Å². The van der Waals surface area contributed by atoms with E-state index in [1.165, 1.54) is 12.0 Å². The lowest BCUT2D eigenvalue weighted by molar-refractivity contribution is 0.0600. The number of rotatable bonds is 4. The molecule has 0 N–H and O–H groups in total. The molecule has 2 aromatic heterocycles. The Morgan fingerprint density at radius 1 is 1.07 bits per heavy atom. The van der Waals surface area contributed by atoms with Gasteiger partial charge in [0, 0.05) is 18.0 Å². The number of benzene rings is 1. The summed E-state index contributed by atoms with van der Waals surface area (Å²) < 4.78 is 4.82. The number of fused-ring (bicyclic) bond motifs is 1. The van der Waals surface area contributed by atoms with Gasteiger partial charge in [0.2, 0.25) is 0 Å². The number of aromatic nitrogens is 2. The zero-order valence-corrected chi connectivity index (χ0v) is 16.1. The van der Waals surface area contributed by atoms with Gasteiger partial charge in [0.15, 0.2) is 0 Å². The van der Waals surface area contributed by atoms with Gasteiger partial charge in [-0.1, -0.05) is 18.2 Å². The minimum absolute atomic E-state index is 0.226. The number of anilines is 2. The Balaban J connectivity index is 1.78. The second-order valence-corrected chi connectivity index (χ2v) is 6.70. The highest BCUT2D eigenvalue weighted by Crippen LogP contribution is 2.36. The molecule has 1 unspecified atom stereocenters. The van der Waals surface area contributed by atoms with Crippen LogP contribution in [0.1, 0.15) is 34.6 Å². The third-order valence-electron chi connectivity index (χ3n) is 4.97. The first kappa shape index (κ1) is 18.6. The number of carbonyl (C=O) groups excluding carboxylic acids is 2. The quantitative estimate of drug-likeness (QED) is 0.629. The molecule has 7 nitrogen and oxygen atoms in total. The first-order valence-corrected chi connectivity index (χ1v) is 9.24. The van der Waals surface area contributed by atoms with Crippen LogP contribution in [0.5, 0.6) is 0 Å². The summed E-state index contributed by atoms with van der Waals surface area (Å²) in [7, 11) is 1.33. The van der Waals surface area contributed by atoms with Gasteiger partial charge in [-0.2, -0.15) is 0 Å². The highest BCUT2D eigenvalue weighted by atomic mass is 16.5. The summed E-state index contributed by atoms with van der Waals surface area (Å²) in [5, 5.41) is 0. The topological polar surface area (TPSA) is 75.6 Å². The van der Waals surface area contributed by atoms with Gasteiger partial charge < -0.3 is 9.64 Å². The monoisotopic (exact) mass is 388 g/mol. The molecule has 0 fully saturated rings. The van der Waals surface area contributed by atoms with Crippen LogP contribution in [0.2, 0.25) is 0 Å². The minimum Gasteiger partial charge on any atom is -0.465 e. The molecule has 4 rings (SSSR count). The summed E-state index contributed by atoms with van der Waals surface area (Å²) >= 11 is 0. The number of urea groups is 1. The molecular weight excluding hydrogens is 368 g/mol. The average Bonchev–Trinajstić information content (AvgIpc) is 2.78. The van der Waals surface area contributed by atoms with Crippen molar-refractivity contribution in [2.45, 2.75) is 19.5 Å². The number of ether oxygens (including phenoxy) is 1. The lowest BCUT2D eigenvalue weighted by Crippen LogP contribution is -2.46. The summed E-state index contributed by atoms with van der Waals surface area (Å²) in [6.07, 6.45) is 3.37. The van der Waals surface area contributed by atoms with Gasteiger partial charge in [0.1, 0.15) is 5.82 Å². The molecule has 0 aliphatic carbocycles. The Bertz CT molecular complexity index is 1050. The molecular formula is C22H20N4O3. The van der Waals surface area contributed by atoms with Crippen LogP contribution in [-0.2, 0) is 11.3 Å². The van der Waals surface area contributed by atoms with Gasteiger partial charge in [-0.3, -0.25) is 4.98 Å². The summed E-state index contributed by atoms with van der Waals surface area (Å²) in [5.41, 5.74) is 2.63. The van der Waals surface area contributed by atoms with Gasteiger partial charge in [-0.05, 0) is 43.3 Å². The summed E-state index contributed by atoms with van der Waals surface area (Å²) in [4.78, 5) is 37.6. The molecule has 29 heavy (non-hydrogen) atoms.